The zero-order valence-electron chi connectivity index (χ0n) is 12.5. The fourth-order valence-corrected chi connectivity index (χ4v) is 1.13. The van der Waals surface area contributed by atoms with Crippen molar-refractivity contribution in [3.63, 3.8) is 0 Å². The van der Waals surface area contributed by atoms with Crippen LogP contribution in [0.3, 0.4) is 0 Å². The van der Waals surface area contributed by atoms with Crippen LogP contribution in [0.2, 0.25) is 0 Å². The molecular formula is C15H36. The average molecular weight is 216 g/mol. The van der Waals surface area contributed by atoms with E-state index in [0.29, 0.717) is 0 Å². The van der Waals surface area contributed by atoms with Gasteiger partial charge in [0.15, 0.2) is 0 Å². The lowest BCUT2D eigenvalue weighted by Gasteiger charge is -2.05. The van der Waals surface area contributed by atoms with Crippen molar-refractivity contribution in [2.24, 2.45) is 5.92 Å². The minimum atomic E-state index is 0.963. The van der Waals surface area contributed by atoms with E-state index in [-0.39, 0.29) is 0 Å². The molecule has 0 radical (unpaired) electrons. The first kappa shape index (κ1) is 20.4. The van der Waals surface area contributed by atoms with E-state index in [2.05, 4.69) is 48.5 Å². The summed E-state index contributed by atoms with van der Waals surface area (Å²) in [6.07, 6.45) is 9.41. The summed E-state index contributed by atoms with van der Waals surface area (Å²) in [6.45, 7) is 15.5. The Labute approximate surface area is 99.9 Å². The molecule has 0 aromatic heterocycles. The molecule has 0 atom stereocenters. The first-order valence-electron chi connectivity index (χ1n) is 7.14. The quantitative estimate of drug-likeness (QED) is 0.495. The summed E-state index contributed by atoms with van der Waals surface area (Å²) in [7, 11) is 0. The van der Waals surface area contributed by atoms with Gasteiger partial charge < -0.3 is 0 Å². The molecule has 0 aromatic rings. The lowest BCUT2D eigenvalue weighted by molar-refractivity contribution is 0.480. The first-order chi connectivity index (χ1) is 7.14. The molecule has 0 fully saturated rings. The van der Waals surface area contributed by atoms with Gasteiger partial charge in [0.1, 0.15) is 0 Å². The van der Waals surface area contributed by atoms with Gasteiger partial charge in [0, 0.05) is 0 Å². The van der Waals surface area contributed by atoms with Gasteiger partial charge in [0.25, 0.3) is 0 Å². The predicted octanol–water partition coefficient (Wildman–Crippen LogP) is 6.45. The summed E-state index contributed by atoms with van der Waals surface area (Å²) in [5, 5.41) is 0. The van der Waals surface area contributed by atoms with Gasteiger partial charge in [-0.2, -0.15) is 0 Å². The van der Waals surface area contributed by atoms with Crippen molar-refractivity contribution in [2.45, 2.75) is 93.4 Å². The fourth-order valence-electron chi connectivity index (χ4n) is 1.13. The summed E-state index contributed by atoms with van der Waals surface area (Å²) < 4.78 is 0. The van der Waals surface area contributed by atoms with Gasteiger partial charge in [0.05, 0.1) is 0 Å². The minimum Gasteiger partial charge on any atom is -0.0656 e. The monoisotopic (exact) mass is 216 g/mol. The van der Waals surface area contributed by atoms with E-state index >= 15 is 0 Å². The Morgan fingerprint density at radius 1 is 0.600 bits per heavy atom. The van der Waals surface area contributed by atoms with Crippen LogP contribution in [-0.2, 0) is 0 Å². The SMILES string of the molecule is CCC.CCCC.CCCC(C)CCC. The van der Waals surface area contributed by atoms with Crippen molar-refractivity contribution < 1.29 is 0 Å². The van der Waals surface area contributed by atoms with Crippen molar-refractivity contribution in [3.05, 3.63) is 0 Å². The zero-order valence-corrected chi connectivity index (χ0v) is 12.5. The van der Waals surface area contributed by atoms with Crippen LogP contribution in [0.4, 0.5) is 0 Å². The van der Waals surface area contributed by atoms with Crippen molar-refractivity contribution in [1.82, 2.24) is 0 Å². The molecule has 0 bridgehead atoms. The van der Waals surface area contributed by atoms with E-state index in [9.17, 15) is 0 Å². The molecule has 0 rings (SSSR count). The van der Waals surface area contributed by atoms with E-state index in [1.807, 2.05) is 0 Å². The third-order valence-corrected chi connectivity index (χ3v) is 2.06. The van der Waals surface area contributed by atoms with Crippen molar-refractivity contribution in [1.29, 1.82) is 0 Å². The highest BCUT2D eigenvalue weighted by Gasteiger charge is 1.95. The summed E-state index contributed by atoms with van der Waals surface area (Å²) >= 11 is 0. The third kappa shape index (κ3) is 41.1. The minimum absolute atomic E-state index is 0.963. The van der Waals surface area contributed by atoms with Crippen LogP contribution in [0.15, 0.2) is 0 Å². The maximum absolute atomic E-state index is 2.34. The second-order valence-corrected chi connectivity index (χ2v) is 4.39. The molecule has 0 N–H and O–H groups in total. The molecule has 15 heavy (non-hydrogen) atoms. The third-order valence-electron chi connectivity index (χ3n) is 2.06. The van der Waals surface area contributed by atoms with E-state index in [1.165, 1.54) is 44.9 Å². The Kier molecular flexibility index (Phi) is 32.2. The average Bonchev–Trinajstić information content (AvgIpc) is 2.20. The molecule has 0 aliphatic rings. The van der Waals surface area contributed by atoms with Gasteiger partial charge in [-0.1, -0.05) is 93.4 Å². The normalized spacial score (nSPS) is 8.80. The fraction of sp³-hybridized carbons (Fsp3) is 1.00. The van der Waals surface area contributed by atoms with E-state index in [0.717, 1.165) is 5.92 Å². The van der Waals surface area contributed by atoms with Crippen LogP contribution in [-0.4, -0.2) is 0 Å². The summed E-state index contributed by atoms with van der Waals surface area (Å²) in [5.74, 6) is 0.963. The Hall–Kier alpha value is 0. The van der Waals surface area contributed by atoms with Crippen LogP contribution in [0, 0.1) is 5.92 Å². The first-order valence-corrected chi connectivity index (χ1v) is 7.14. The second kappa shape index (κ2) is 23.7. The molecule has 0 spiro atoms. The number of unbranched alkanes of at least 4 members (excludes halogenated alkanes) is 1. The van der Waals surface area contributed by atoms with Crippen LogP contribution in [0.1, 0.15) is 93.4 Å². The topological polar surface area (TPSA) is 0 Å². The molecule has 0 heterocycles. The Morgan fingerprint density at radius 2 is 0.867 bits per heavy atom. The lowest BCUT2D eigenvalue weighted by Crippen LogP contribution is -1.91. The number of hydrogen-bond acceptors (Lipinski definition) is 0. The van der Waals surface area contributed by atoms with Gasteiger partial charge in [-0.25, -0.2) is 0 Å². The molecule has 0 aromatic carbocycles. The smallest absolute Gasteiger partial charge is 0.0443 e. The Bertz CT molecular complexity index is 58.4. The molecule has 0 aliphatic carbocycles. The lowest BCUT2D eigenvalue weighted by atomic mass is 10.0. The molecule has 0 unspecified atom stereocenters. The summed E-state index contributed by atoms with van der Waals surface area (Å²) in [5.41, 5.74) is 0. The standard InChI is InChI=1S/C8H18.C4H10.C3H8/c1-4-6-8(3)7-5-2;1-3-4-2;1-3-2/h8H,4-7H2,1-3H3;3-4H2,1-2H3;3H2,1-2H3. The largest absolute Gasteiger partial charge is 0.0656 e. The maximum atomic E-state index is 2.34. The van der Waals surface area contributed by atoms with Gasteiger partial charge in [-0.05, 0) is 5.92 Å². The van der Waals surface area contributed by atoms with E-state index in [4.69, 9.17) is 0 Å². The van der Waals surface area contributed by atoms with Crippen molar-refractivity contribution in [3.8, 4) is 0 Å². The molecule has 0 amide bonds. The summed E-state index contributed by atoms with van der Waals surface area (Å²) in [6, 6.07) is 0. The van der Waals surface area contributed by atoms with Crippen molar-refractivity contribution >= 4 is 0 Å². The van der Waals surface area contributed by atoms with Crippen molar-refractivity contribution in [2.75, 3.05) is 0 Å². The van der Waals surface area contributed by atoms with E-state index in [1.54, 1.807) is 0 Å². The molecule has 0 heteroatoms. The van der Waals surface area contributed by atoms with Crippen LogP contribution in [0.5, 0.6) is 0 Å². The zero-order chi connectivity index (χ0) is 12.5. The van der Waals surface area contributed by atoms with E-state index < -0.39 is 0 Å². The highest BCUT2D eigenvalue weighted by Crippen LogP contribution is 2.10. The maximum Gasteiger partial charge on any atom is -0.0443 e. The highest BCUT2D eigenvalue weighted by molar-refractivity contribution is 4.48. The number of rotatable bonds is 5. The van der Waals surface area contributed by atoms with Gasteiger partial charge in [0.2, 0.25) is 0 Å². The molecule has 0 aliphatic heterocycles. The van der Waals surface area contributed by atoms with Gasteiger partial charge in [-0.15, -0.1) is 0 Å². The Balaban J connectivity index is -0.000000173. The van der Waals surface area contributed by atoms with Gasteiger partial charge in [-0.3, -0.25) is 0 Å². The summed E-state index contributed by atoms with van der Waals surface area (Å²) in [4.78, 5) is 0. The van der Waals surface area contributed by atoms with Gasteiger partial charge >= 0.3 is 0 Å². The molecule has 0 saturated heterocycles. The number of hydrogen-bond donors (Lipinski definition) is 0. The highest BCUT2D eigenvalue weighted by atomic mass is 14.0. The molecule has 0 nitrogen and oxygen atoms in total. The van der Waals surface area contributed by atoms with Crippen LogP contribution in [0.25, 0.3) is 0 Å². The van der Waals surface area contributed by atoms with Crippen LogP contribution >= 0.6 is 0 Å². The molecular weight excluding hydrogens is 180 g/mol. The Morgan fingerprint density at radius 3 is 1.00 bits per heavy atom. The molecule has 0 saturated carbocycles. The second-order valence-electron chi connectivity index (χ2n) is 4.39. The van der Waals surface area contributed by atoms with Crippen LogP contribution < -0.4 is 0 Å². The predicted molar refractivity (Wildman–Crippen MR) is 75.5 cm³/mol. The molecule has 96 valence electrons.